The van der Waals surface area contributed by atoms with Crippen LogP contribution in [-0.4, -0.2) is 24.4 Å². The van der Waals surface area contributed by atoms with Gasteiger partial charge in [-0.2, -0.15) is 0 Å². The SMILES string of the molecule is CCOC(C)(C)CCOC(C)(C)CC(C)C. The van der Waals surface area contributed by atoms with Crippen molar-refractivity contribution in [3.05, 3.63) is 0 Å². The molecule has 0 atom stereocenters. The van der Waals surface area contributed by atoms with Crippen LogP contribution in [0.1, 0.15) is 61.3 Å². The van der Waals surface area contributed by atoms with E-state index in [1.807, 2.05) is 6.92 Å². The topological polar surface area (TPSA) is 18.5 Å². The van der Waals surface area contributed by atoms with Crippen molar-refractivity contribution in [1.29, 1.82) is 0 Å². The summed E-state index contributed by atoms with van der Waals surface area (Å²) in [6.45, 7) is 16.6. The molecule has 0 aromatic rings. The molecule has 0 saturated carbocycles. The Morgan fingerprint density at radius 2 is 1.50 bits per heavy atom. The number of hydrogen-bond donors (Lipinski definition) is 0. The maximum Gasteiger partial charge on any atom is 0.0648 e. The molecular formula is C14H30O2. The molecule has 0 spiro atoms. The molecular weight excluding hydrogens is 200 g/mol. The summed E-state index contributed by atoms with van der Waals surface area (Å²) in [4.78, 5) is 0. The fourth-order valence-corrected chi connectivity index (χ4v) is 2.08. The minimum atomic E-state index is -0.0668. The Kier molecular flexibility index (Phi) is 6.57. The Hall–Kier alpha value is -0.0800. The fourth-order valence-electron chi connectivity index (χ4n) is 2.08. The molecule has 0 amide bonds. The molecule has 0 heterocycles. The van der Waals surface area contributed by atoms with E-state index >= 15 is 0 Å². The van der Waals surface area contributed by atoms with Crippen molar-refractivity contribution in [3.8, 4) is 0 Å². The van der Waals surface area contributed by atoms with Gasteiger partial charge in [-0.25, -0.2) is 0 Å². The van der Waals surface area contributed by atoms with Crippen LogP contribution in [0, 0.1) is 5.92 Å². The van der Waals surface area contributed by atoms with Crippen LogP contribution < -0.4 is 0 Å². The summed E-state index contributed by atoms with van der Waals surface area (Å²) < 4.78 is 11.6. The van der Waals surface area contributed by atoms with Crippen molar-refractivity contribution < 1.29 is 9.47 Å². The Morgan fingerprint density at radius 1 is 0.938 bits per heavy atom. The second-order valence-electron chi connectivity index (χ2n) is 6.15. The highest BCUT2D eigenvalue weighted by Gasteiger charge is 2.23. The Labute approximate surface area is 102 Å². The van der Waals surface area contributed by atoms with Gasteiger partial charge in [0.1, 0.15) is 0 Å². The lowest BCUT2D eigenvalue weighted by Crippen LogP contribution is -2.31. The number of rotatable bonds is 8. The van der Waals surface area contributed by atoms with Crippen LogP contribution in [0.4, 0.5) is 0 Å². The van der Waals surface area contributed by atoms with Crippen molar-refractivity contribution >= 4 is 0 Å². The number of ether oxygens (including phenoxy) is 2. The lowest BCUT2D eigenvalue weighted by molar-refractivity contribution is -0.0748. The Bertz CT molecular complexity index is 183. The van der Waals surface area contributed by atoms with E-state index in [9.17, 15) is 0 Å². The van der Waals surface area contributed by atoms with Gasteiger partial charge in [-0.1, -0.05) is 13.8 Å². The van der Waals surface area contributed by atoms with Gasteiger partial charge < -0.3 is 9.47 Å². The van der Waals surface area contributed by atoms with Gasteiger partial charge in [-0.15, -0.1) is 0 Å². The molecule has 98 valence electrons. The lowest BCUT2D eigenvalue weighted by atomic mass is 9.96. The second-order valence-corrected chi connectivity index (χ2v) is 6.15. The molecule has 2 nitrogen and oxygen atoms in total. The summed E-state index contributed by atoms with van der Waals surface area (Å²) in [6, 6.07) is 0. The third kappa shape index (κ3) is 8.12. The second kappa shape index (κ2) is 6.61. The summed E-state index contributed by atoms with van der Waals surface area (Å²) in [7, 11) is 0. The third-order valence-corrected chi connectivity index (χ3v) is 2.63. The minimum Gasteiger partial charge on any atom is -0.376 e. The van der Waals surface area contributed by atoms with Crippen LogP contribution in [0.5, 0.6) is 0 Å². The van der Waals surface area contributed by atoms with Crippen LogP contribution in [0.25, 0.3) is 0 Å². The van der Waals surface area contributed by atoms with Crippen molar-refractivity contribution in [1.82, 2.24) is 0 Å². The zero-order valence-electron chi connectivity index (χ0n) is 12.2. The van der Waals surface area contributed by atoms with E-state index in [2.05, 4.69) is 41.5 Å². The van der Waals surface area contributed by atoms with E-state index in [0.717, 1.165) is 26.1 Å². The molecule has 2 heteroatoms. The molecule has 0 aromatic carbocycles. The number of hydrogen-bond acceptors (Lipinski definition) is 2. The van der Waals surface area contributed by atoms with Gasteiger partial charge in [0.05, 0.1) is 17.8 Å². The quantitative estimate of drug-likeness (QED) is 0.626. The maximum absolute atomic E-state index is 5.94. The largest absolute Gasteiger partial charge is 0.376 e. The molecule has 0 fully saturated rings. The van der Waals surface area contributed by atoms with E-state index in [1.54, 1.807) is 0 Å². The van der Waals surface area contributed by atoms with Gasteiger partial charge in [-0.3, -0.25) is 0 Å². The van der Waals surface area contributed by atoms with Crippen LogP contribution >= 0.6 is 0 Å². The zero-order valence-corrected chi connectivity index (χ0v) is 12.2. The highest BCUT2D eigenvalue weighted by molar-refractivity contribution is 4.73. The highest BCUT2D eigenvalue weighted by Crippen LogP contribution is 2.22. The first kappa shape index (κ1) is 15.9. The van der Waals surface area contributed by atoms with E-state index in [4.69, 9.17) is 9.47 Å². The van der Waals surface area contributed by atoms with Crippen LogP contribution in [0.2, 0.25) is 0 Å². The van der Waals surface area contributed by atoms with Gasteiger partial charge in [0.15, 0.2) is 0 Å². The molecule has 16 heavy (non-hydrogen) atoms. The Morgan fingerprint density at radius 3 is 1.94 bits per heavy atom. The summed E-state index contributed by atoms with van der Waals surface area (Å²) >= 11 is 0. The van der Waals surface area contributed by atoms with Gasteiger partial charge in [0.2, 0.25) is 0 Å². The van der Waals surface area contributed by atoms with Gasteiger partial charge in [-0.05, 0) is 53.4 Å². The predicted octanol–water partition coefficient (Wildman–Crippen LogP) is 4.03. The minimum absolute atomic E-state index is 0.0174. The monoisotopic (exact) mass is 230 g/mol. The van der Waals surface area contributed by atoms with Crippen molar-refractivity contribution in [2.24, 2.45) is 5.92 Å². The standard InChI is InChI=1S/C14H30O2/c1-8-15-13(4,5)9-10-16-14(6,7)11-12(2)3/h12H,8-11H2,1-7H3. The zero-order chi connectivity index (χ0) is 12.8. The molecule has 0 radical (unpaired) electrons. The normalized spacial score (nSPS) is 13.5. The molecule has 0 aliphatic rings. The van der Waals surface area contributed by atoms with E-state index in [-0.39, 0.29) is 11.2 Å². The average Bonchev–Trinajstić information content (AvgIpc) is 1.99. The first-order valence-electron chi connectivity index (χ1n) is 6.46. The van der Waals surface area contributed by atoms with Crippen LogP contribution in [0.15, 0.2) is 0 Å². The molecule has 0 bridgehead atoms. The lowest BCUT2D eigenvalue weighted by Gasteiger charge is -2.30. The molecule has 0 aliphatic carbocycles. The summed E-state index contributed by atoms with van der Waals surface area (Å²) in [5, 5.41) is 0. The summed E-state index contributed by atoms with van der Waals surface area (Å²) in [6.07, 6.45) is 2.05. The van der Waals surface area contributed by atoms with E-state index in [0.29, 0.717) is 5.92 Å². The van der Waals surface area contributed by atoms with Crippen LogP contribution in [0.3, 0.4) is 0 Å². The first-order chi connectivity index (χ1) is 7.18. The van der Waals surface area contributed by atoms with E-state index < -0.39 is 0 Å². The van der Waals surface area contributed by atoms with Crippen molar-refractivity contribution in [3.63, 3.8) is 0 Å². The van der Waals surface area contributed by atoms with Gasteiger partial charge in [0, 0.05) is 6.61 Å². The fraction of sp³-hybridized carbons (Fsp3) is 1.00. The Balaban J connectivity index is 3.88. The summed E-state index contributed by atoms with van der Waals surface area (Å²) in [5.41, 5.74) is -0.0842. The van der Waals surface area contributed by atoms with Crippen molar-refractivity contribution in [2.75, 3.05) is 13.2 Å². The average molecular weight is 230 g/mol. The van der Waals surface area contributed by atoms with Crippen LogP contribution in [-0.2, 0) is 9.47 Å². The maximum atomic E-state index is 5.94. The van der Waals surface area contributed by atoms with E-state index in [1.165, 1.54) is 0 Å². The van der Waals surface area contributed by atoms with Gasteiger partial charge >= 0.3 is 0 Å². The molecule has 0 aliphatic heterocycles. The van der Waals surface area contributed by atoms with Crippen molar-refractivity contribution in [2.45, 2.75) is 72.5 Å². The molecule has 0 rings (SSSR count). The predicted molar refractivity (Wildman–Crippen MR) is 69.8 cm³/mol. The molecule has 0 saturated heterocycles. The van der Waals surface area contributed by atoms with Gasteiger partial charge in [0.25, 0.3) is 0 Å². The molecule has 0 N–H and O–H groups in total. The summed E-state index contributed by atoms with van der Waals surface area (Å²) in [5.74, 6) is 0.676. The molecule has 0 unspecified atom stereocenters. The smallest absolute Gasteiger partial charge is 0.0648 e. The highest BCUT2D eigenvalue weighted by atomic mass is 16.5. The third-order valence-electron chi connectivity index (χ3n) is 2.63. The molecule has 0 aromatic heterocycles. The first-order valence-corrected chi connectivity index (χ1v) is 6.46.